The van der Waals surface area contributed by atoms with E-state index in [1.807, 2.05) is 31.2 Å². The van der Waals surface area contributed by atoms with E-state index in [1.54, 1.807) is 0 Å². The zero-order valence-corrected chi connectivity index (χ0v) is 11.3. The third-order valence-electron chi connectivity index (χ3n) is 3.38. The smallest absolute Gasteiger partial charge is 0.226 e. The predicted octanol–water partition coefficient (Wildman–Crippen LogP) is 1.51. The first-order valence-corrected chi connectivity index (χ1v) is 6.87. The molecule has 104 valence electrons. The van der Waals surface area contributed by atoms with Gasteiger partial charge < -0.3 is 15.2 Å². The summed E-state index contributed by atoms with van der Waals surface area (Å²) in [4.78, 5) is 12.0. The number of rotatable bonds is 5. The highest BCUT2D eigenvalue weighted by molar-refractivity contribution is 5.79. The van der Waals surface area contributed by atoms with Gasteiger partial charge in [-0.05, 0) is 24.5 Å². The number of hydrogen-bond acceptors (Lipinski definition) is 3. The fourth-order valence-electron chi connectivity index (χ4n) is 2.29. The first-order chi connectivity index (χ1) is 9.20. The number of amides is 1. The molecule has 2 N–H and O–H groups in total. The second-order valence-electron chi connectivity index (χ2n) is 5.01. The van der Waals surface area contributed by atoms with Gasteiger partial charge >= 0.3 is 0 Å². The number of carbonyl (C=O) groups is 1. The van der Waals surface area contributed by atoms with Gasteiger partial charge in [0.1, 0.15) is 12.4 Å². The van der Waals surface area contributed by atoms with Gasteiger partial charge in [0, 0.05) is 6.54 Å². The predicted molar refractivity (Wildman–Crippen MR) is 73.1 cm³/mol. The van der Waals surface area contributed by atoms with Crippen molar-refractivity contribution in [1.29, 1.82) is 0 Å². The van der Waals surface area contributed by atoms with Gasteiger partial charge in [-0.25, -0.2) is 0 Å². The highest BCUT2D eigenvalue weighted by Crippen LogP contribution is 2.26. The van der Waals surface area contributed by atoms with Gasteiger partial charge in [0.25, 0.3) is 0 Å². The normalized spacial score (nSPS) is 19.2. The molecule has 0 radical (unpaired) electrons. The van der Waals surface area contributed by atoms with Crippen molar-refractivity contribution in [3.8, 4) is 5.75 Å². The number of hydrogen-bond donors (Lipinski definition) is 2. The summed E-state index contributed by atoms with van der Waals surface area (Å²) in [5, 5.41) is 12.4. The van der Waals surface area contributed by atoms with E-state index < -0.39 is 6.10 Å². The van der Waals surface area contributed by atoms with Crippen molar-refractivity contribution in [3.05, 3.63) is 29.8 Å². The molecule has 1 aliphatic heterocycles. The van der Waals surface area contributed by atoms with Gasteiger partial charge in [-0.3, -0.25) is 4.79 Å². The molecular weight excluding hydrogens is 242 g/mol. The first kappa shape index (κ1) is 13.9. The van der Waals surface area contributed by atoms with Gasteiger partial charge in [0.15, 0.2) is 0 Å². The maximum Gasteiger partial charge on any atom is 0.226 e. The van der Waals surface area contributed by atoms with Crippen LogP contribution in [-0.2, 0) is 11.2 Å². The summed E-state index contributed by atoms with van der Waals surface area (Å²) < 4.78 is 5.59. The molecule has 4 nitrogen and oxygen atoms in total. The molecule has 0 aliphatic carbocycles. The quantitative estimate of drug-likeness (QED) is 0.846. The van der Waals surface area contributed by atoms with Crippen molar-refractivity contribution in [2.24, 2.45) is 5.92 Å². The van der Waals surface area contributed by atoms with E-state index in [4.69, 9.17) is 4.74 Å². The third-order valence-corrected chi connectivity index (χ3v) is 3.38. The van der Waals surface area contributed by atoms with Gasteiger partial charge in [-0.2, -0.15) is 0 Å². The maximum absolute atomic E-state index is 12.0. The number of aliphatic hydroxyl groups is 1. The molecule has 4 heteroatoms. The van der Waals surface area contributed by atoms with Crippen LogP contribution < -0.4 is 10.1 Å². The van der Waals surface area contributed by atoms with E-state index in [-0.39, 0.29) is 11.8 Å². The van der Waals surface area contributed by atoms with E-state index in [9.17, 15) is 9.90 Å². The van der Waals surface area contributed by atoms with Gasteiger partial charge in [-0.15, -0.1) is 0 Å². The van der Waals surface area contributed by atoms with Gasteiger partial charge in [0.2, 0.25) is 5.91 Å². The lowest BCUT2D eigenvalue weighted by Gasteiger charge is -2.24. The maximum atomic E-state index is 12.0. The SMILES string of the molecule is CCCC(O)CNC(=O)C1COc2ccccc2C1. The van der Waals surface area contributed by atoms with E-state index in [2.05, 4.69) is 5.32 Å². The minimum Gasteiger partial charge on any atom is -0.492 e. The number of para-hydroxylation sites is 1. The summed E-state index contributed by atoms with van der Waals surface area (Å²) in [5.41, 5.74) is 1.07. The first-order valence-electron chi connectivity index (χ1n) is 6.87. The Morgan fingerprint density at radius 3 is 3.11 bits per heavy atom. The highest BCUT2D eigenvalue weighted by Gasteiger charge is 2.25. The van der Waals surface area contributed by atoms with Crippen LogP contribution in [0.5, 0.6) is 5.75 Å². The van der Waals surface area contributed by atoms with Crippen LogP contribution in [0.25, 0.3) is 0 Å². The summed E-state index contributed by atoms with van der Waals surface area (Å²) in [7, 11) is 0. The summed E-state index contributed by atoms with van der Waals surface area (Å²) >= 11 is 0. The summed E-state index contributed by atoms with van der Waals surface area (Å²) in [6.07, 6.45) is 1.87. The van der Waals surface area contributed by atoms with Crippen LogP contribution in [0.4, 0.5) is 0 Å². The molecule has 0 fully saturated rings. The number of nitrogens with one attached hydrogen (secondary N) is 1. The molecule has 2 unspecified atom stereocenters. The van der Waals surface area contributed by atoms with Crippen LogP contribution in [0.1, 0.15) is 25.3 Å². The second-order valence-corrected chi connectivity index (χ2v) is 5.01. The van der Waals surface area contributed by atoms with E-state index in [0.717, 1.165) is 17.7 Å². The Kier molecular flexibility index (Phi) is 4.80. The van der Waals surface area contributed by atoms with Crippen LogP contribution >= 0.6 is 0 Å². The third kappa shape index (κ3) is 3.70. The molecule has 1 aliphatic rings. The van der Waals surface area contributed by atoms with Crippen molar-refractivity contribution in [2.75, 3.05) is 13.2 Å². The largest absolute Gasteiger partial charge is 0.492 e. The lowest BCUT2D eigenvalue weighted by molar-refractivity contribution is -0.126. The van der Waals surface area contributed by atoms with Crippen molar-refractivity contribution < 1.29 is 14.6 Å². The number of fused-ring (bicyclic) bond motifs is 1. The Bertz CT molecular complexity index is 433. The van der Waals surface area contributed by atoms with E-state index >= 15 is 0 Å². The zero-order valence-electron chi connectivity index (χ0n) is 11.3. The van der Waals surface area contributed by atoms with Crippen molar-refractivity contribution in [1.82, 2.24) is 5.32 Å². The Balaban J connectivity index is 1.85. The minimum absolute atomic E-state index is 0.0374. The Morgan fingerprint density at radius 1 is 1.53 bits per heavy atom. The Morgan fingerprint density at radius 2 is 2.32 bits per heavy atom. The fourth-order valence-corrected chi connectivity index (χ4v) is 2.29. The van der Waals surface area contributed by atoms with E-state index in [0.29, 0.717) is 26.0 Å². The van der Waals surface area contributed by atoms with Gasteiger partial charge in [0.05, 0.1) is 12.0 Å². The lowest BCUT2D eigenvalue weighted by atomic mass is 9.96. The topological polar surface area (TPSA) is 58.6 Å². The summed E-state index contributed by atoms with van der Waals surface area (Å²) in [6, 6.07) is 7.79. The highest BCUT2D eigenvalue weighted by atomic mass is 16.5. The van der Waals surface area contributed by atoms with Crippen LogP contribution in [0.15, 0.2) is 24.3 Å². The van der Waals surface area contributed by atoms with Crippen molar-refractivity contribution >= 4 is 5.91 Å². The summed E-state index contributed by atoms with van der Waals surface area (Å²) in [6.45, 7) is 2.74. The number of benzene rings is 1. The molecule has 0 saturated carbocycles. The number of aliphatic hydroxyl groups excluding tert-OH is 1. The molecule has 0 saturated heterocycles. The Labute approximate surface area is 113 Å². The van der Waals surface area contributed by atoms with E-state index in [1.165, 1.54) is 0 Å². The lowest BCUT2D eigenvalue weighted by Crippen LogP contribution is -2.40. The van der Waals surface area contributed by atoms with Crippen molar-refractivity contribution in [3.63, 3.8) is 0 Å². The standard InChI is InChI=1S/C15H21NO3/c1-2-5-13(17)9-16-15(18)12-8-11-6-3-4-7-14(11)19-10-12/h3-4,6-7,12-13,17H,2,5,8-10H2,1H3,(H,16,18). The zero-order chi connectivity index (χ0) is 13.7. The van der Waals surface area contributed by atoms with Crippen LogP contribution in [0.2, 0.25) is 0 Å². The Hall–Kier alpha value is -1.55. The molecular formula is C15H21NO3. The minimum atomic E-state index is -0.453. The van der Waals surface area contributed by atoms with Crippen LogP contribution in [0.3, 0.4) is 0 Å². The molecule has 19 heavy (non-hydrogen) atoms. The molecule has 2 rings (SSSR count). The molecule has 1 amide bonds. The average molecular weight is 263 g/mol. The molecule has 2 atom stereocenters. The monoisotopic (exact) mass is 263 g/mol. The van der Waals surface area contributed by atoms with Crippen LogP contribution in [-0.4, -0.2) is 30.3 Å². The second kappa shape index (κ2) is 6.57. The summed E-state index contributed by atoms with van der Waals surface area (Å²) in [5.74, 6) is 0.672. The molecule has 1 heterocycles. The average Bonchev–Trinajstić information content (AvgIpc) is 2.44. The molecule has 0 bridgehead atoms. The number of ether oxygens (including phenoxy) is 1. The molecule has 1 aromatic rings. The van der Waals surface area contributed by atoms with Crippen LogP contribution in [0, 0.1) is 5.92 Å². The molecule has 0 spiro atoms. The number of carbonyl (C=O) groups excluding carboxylic acids is 1. The van der Waals surface area contributed by atoms with Crippen molar-refractivity contribution in [2.45, 2.75) is 32.3 Å². The van der Waals surface area contributed by atoms with Gasteiger partial charge in [-0.1, -0.05) is 31.5 Å². The molecule has 0 aromatic heterocycles. The molecule has 1 aromatic carbocycles. The fraction of sp³-hybridized carbons (Fsp3) is 0.533.